The van der Waals surface area contributed by atoms with Crippen molar-refractivity contribution in [1.82, 2.24) is 0 Å². The van der Waals surface area contributed by atoms with E-state index in [1.54, 1.807) is 38.3 Å². The van der Waals surface area contributed by atoms with Crippen LogP contribution in [0.5, 0.6) is 11.5 Å². The molecule has 1 amide bonds. The van der Waals surface area contributed by atoms with Crippen molar-refractivity contribution in [1.29, 1.82) is 0 Å². The molecule has 0 aromatic heterocycles. The third kappa shape index (κ3) is 5.70. The fourth-order valence-corrected chi connectivity index (χ4v) is 2.51. The third-order valence-electron chi connectivity index (χ3n) is 4.18. The van der Waals surface area contributed by atoms with Gasteiger partial charge in [0.05, 0.1) is 14.2 Å². The van der Waals surface area contributed by atoms with Gasteiger partial charge < -0.3 is 19.5 Å². The number of methoxy groups -OCH3 is 2. The van der Waals surface area contributed by atoms with Crippen LogP contribution in [0, 0.1) is 12.7 Å². The summed E-state index contributed by atoms with van der Waals surface area (Å²) in [4.78, 5) is 24.2. The van der Waals surface area contributed by atoms with E-state index in [4.69, 9.17) is 14.2 Å². The van der Waals surface area contributed by atoms with Gasteiger partial charge in [-0.15, -0.1) is 0 Å². The standard InChI is InChI=1S/C21H24FNO5/c1-13-5-8-16(12-17(13)22)23-21(25)14(2)28-20(24)10-7-15-6-9-18(26-3)19(11-15)27-4/h5-6,8-9,11-12,14H,7,10H2,1-4H3,(H,23,25)/t14-/m0/s1. The van der Waals surface area contributed by atoms with Crippen LogP contribution in [0.25, 0.3) is 0 Å². The topological polar surface area (TPSA) is 73.9 Å². The maximum absolute atomic E-state index is 13.6. The van der Waals surface area contributed by atoms with Gasteiger partial charge in [0.15, 0.2) is 17.6 Å². The normalized spacial score (nSPS) is 11.5. The molecule has 1 N–H and O–H groups in total. The molecule has 0 aliphatic heterocycles. The van der Waals surface area contributed by atoms with E-state index in [9.17, 15) is 14.0 Å². The van der Waals surface area contributed by atoms with Gasteiger partial charge in [0.2, 0.25) is 0 Å². The molecule has 0 aliphatic rings. The number of carbonyl (C=O) groups excluding carboxylic acids is 2. The molecule has 0 unspecified atom stereocenters. The van der Waals surface area contributed by atoms with Crippen molar-refractivity contribution in [3.05, 3.63) is 53.3 Å². The summed E-state index contributed by atoms with van der Waals surface area (Å²) < 4.78 is 29.1. The quantitative estimate of drug-likeness (QED) is 0.698. The molecule has 2 aromatic carbocycles. The molecule has 0 spiro atoms. The number of rotatable bonds is 8. The molecular formula is C21H24FNO5. The maximum Gasteiger partial charge on any atom is 0.306 e. The number of hydrogen-bond donors (Lipinski definition) is 1. The lowest BCUT2D eigenvalue weighted by Gasteiger charge is -2.14. The van der Waals surface area contributed by atoms with Gasteiger partial charge in [0.1, 0.15) is 5.82 Å². The molecule has 6 nitrogen and oxygen atoms in total. The van der Waals surface area contributed by atoms with Crippen LogP contribution in [-0.2, 0) is 20.7 Å². The molecule has 2 aromatic rings. The number of aryl methyl sites for hydroxylation is 2. The van der Waals surface area contributed by atoms with Crippen molar-refractivity contribution in [2.24, 2.45) is 0 Å². The van der Waals surface area contributed by atoms with E-state index in [1.165, 1.54) is 20.1 Å². The molecule has 0 bridgehead atoms. The molecule has 0 aliphatic carbocycles. The minimum absolute atomic E-state index is 0.103. The van der Waals surface area contributed by atoms with Gasteiger partial charge in [-0.1, -0.05) is 12.1 Å². The van der Waals surface area contributed by atoms with E-state index >= 15 is 0 Å². The molecule has 0 heterocycles. The monoisotopic (exact) mass is 389 g/mol. The number of ether oxygens (including phenoxy) is 3. The van der Waals surface area contributed by atoms with Crippen LogP contribution in [0.4, 0.5) is 10.1 Å². The number of halogens is 1. The van der Waals surface area contributed by atoms with Crippen molar-refractivity contribution in [2.45, 2.75) is 32.8 Å². The minimum Gasteiger partial charge on any atom is -0.493 e. The van der Waals surface area contributed by atoms with Gasteiger partial charge in [0.25, 0.3) is 5.91 Å². The van der Waals surface area contributed by atoms with E-state index < -0.39 is 23.8 Å². The van der Waals surface area contributed by atoms with Crippen LogP contribution in [0.15, 0.2) is 36.4 Å². The Hall–Kier alpha value is -3.09. The highest BCUT2D eigenvalue weighted by Gasteiger charge is 2.18. The zero-order chi connectivity index (χ0) is 20.7. The molecular weight excluding hydrogens is 365 g/mol. The van der Waals surface area contributed by atoms with Crippen LogP contribution < -0.4 is 14.8 Å². The van der Waals surface area contributed by atoms with Crippen molar-refractivity contribution in [2.75, 3.05) is 19.5 Å². The van der Waals surface area contributed by atoms with E-state index in [0.717, 1.165) is 5.56 Å². The molecule has 7 heteroatoms. The summed E-state index contributed by atoms with van der Waals surface area (Å²) in [6.07, 6.45) is -0.467. The second-order valence-electron chi connectivity index (χ2n) is 6.27. The Kier molecular flexibility index (Phi) is 7.37. The number of esters is 1. The maximum atomic E-state index is 13.6. The van der Waals surface area contributed by atoms with E-state index in [2.05, 4.69) is 5.32 Å². The molecule has 150 valence electrons. The number of hydrogen-bond acceptors (Lipinski definition) is 5. The highest BCUT2D eigenvalue weighted by atomic mass is 19.1. The fourth-order valence-electron chi connectivity index (χ4n) is 2.51. The first-order chi connectivity index (χ1) is 13.3. The molecule has 1 atom stereocenters. The summed E-state index contributed by atoms with van der Waals surface area (Å²) in [5, 5.41) is 2.53. The second kappa shape index (κ2) is 9.73. The summed E-state index contributed by atoms with van der Waals surface area (Å²) in [6.45, 7) is 3.10. The van der Waals surface area contributed by atoms with Gasteiger partial charge in [-0.3, -0.25) is 9.59 Å². The van der Waals surface area contributed by atoms with Crippen molar-refractivity contribution >= 4 is 17.6 Å². The van der Waals surface area contributed by atoms with Crippen molar-refractivity contribution in [3.63, 3.8) is 0 Å². The molecule has 0 saturated carbocycles. The lowest BCUT2D eigenvalue weighted by molar-refractivity contribution is -0.153. The summed E-state index contributed by atoms with van der Waals surface area (Å²) >= 11 is 0. The Morgan fingerprint density at radius 2 is 1.79 bits per heavy atom. The smallest absolute Gasteiger partial charge is 0.306 e. The minimum atomic E-state index is -0.998. The van der Waals surface area contributed by atoms with Crippen LogP contribution in [0.2, 0.25) is 0 Å². The van der Waals surface area contributed by atoms with Gasteiger partial charge >= 0.3 is 5.97 Å². The zero-order valence-corrected chi connectivity index (χ0v) is 16.4. The van der Waals surface area contributed by atoms with E-state index in [0.29, 0.717) is 29.2 Å². The number of benzene rings is 2. The average molecular weight is 389 g/mol. The largest absolute Gasteiger partial charge is 0.493 e. The first-order valence-electron chi connectivity index (χ1n) is 8.81. The summed E-state index contributed by atoms with van der Waals surface area (Å²) in [5.41, 5.74) is 1.66. The second-order valence-corrected chi connectivity index (χ2v) is 6.27. The summed E-state index contributed by atoms with van der Waals surface area (Å²) in [6, 6.07) is 9.74. The number of anilines is 1. The summed E-state index contributed by atoms with van der Waals surface area (Å²) in [7, 11) is 3.09. The Morgan fingerprint density at radius 1 is 1.07 bits per heavy atom. The molecule has 28 heavy (non-hydrogen) atoms. The Bertz CT molecular complexity index is 853. The van der Waals surface area contributed by atoms with Crippen molar-refractivity contribution < 1.29 is 28.2 Å². The van der Waals surface area contributed by atoms with Crippen LogP contribution in [0.3, 0.4) is 0 Å². The molecule has 0 radical (unpaired) electrons. The first kappa shape index (κ1) is 21.2. The highest BCUT2D eigenvalue weighted by Crippen LogP contribution is 2.28. The predicted molar refractivity (Wildman–Crippen MR) is 103 cm³/mol. The average Bonchev–Trinajstić information content (AvgIpc) is 2.68. The first-order valence-corrected chi connectivity index (χ1v) is 8.81. The van der Waals surface area contributed by atoms with Crippen LogP contribution >= 0.6 is 0 Å². The Labute approximate surface area is 163 Å². The number of nitrogens with one attached hydrogen (secondary N) is 1. The van der Waals surface area contributed by atoms with Gasteiger partial charge in [0, 0.05) is 12.1 Å². The van der Waals surface area contributed by atoms with Crippen molar-refractivity contribution in [3.8, 4) is 11.5 Å². The van der Waals surface area contributed by atoms with E-state index in [1.807, 2.05) is 6.07 Å². The van der Waals surface area contributed by atoms with E-state index in [-0.39, 0.29) is 6.42 Å². The van der Waals surface area contributed by atoms with Crippen LogP contribution in [0.1, 0.15) is 24.5 Å². The fraction of sp³-hybridized carbons (Fsp3) is 0.333. The van der Waals surface area contributed by atoms with Gasteiger partial charge in [-0.05, 0) is 55.7 Å². The third-order valence-corrected chi connectivity index (χ3v) is 4.18. The SMILES string of the molecule is COc1ccc(CCC(=O)O[C@@H](C)C(=O)Nc2ccc(C)c(F)c2)cc1OC. The predicted octanol–water partition coefficient (Wildman–Crippen LogP) is 3.65. The lowest BCUT2D eigenvalue weighted by Crippen LogP contribution is -2.30. The van der Waals surface area contributed by atoms with Gasteiger partial charge in [-0.25, -0.2) is 4.39 Å². The van der Waals surface area contributed by atoms with Gasteiger partial charge in [-0.2, -0.15) is 0 Å². The Balaban J connectivity index is 1.86. The zero-order valence-electron chi connectivity index (χ0n) is 16.4. The lowest BCUT2D eigenvalue weighted by atomic mass is 10.1. The highest BCUT2D eigenvalue weighted by molar-refractivity contribution is 5.95. The summed E-state index contributed by atoms with van der Waals surface area (Å²) in [5.74, 6) is -0.272. The Morgan fingerprint density at radius 3 is 2.43 bits per heavy atom. The molecule has 0 saturated heterocycles. The number of carbonyl (C=O) groups is 2. The van der Waals surface area contributed by atoms with Crippen LogP contribution in [-0.4, -0.2) is 32.2 Å². The number of amides is 1. The molecule has 2 rings (SSSR count). The molecule has 0 fully saturated rings.